The van der Waals surface area contributed by atoms with Crippen LogP contribution in [0.25, 0.3) is 11.1 Å². The van der Waals surface area contributed by atoms with Crippen molar-refractivity contribution in [2.24, 2.45) is 0 Å². The minimum Gasteiger partial charge on any atom is -0.266 e. The van der Waals surface area contributed by atoms with E-state index in [0.717, 1.165) is 0 Å². The number of rotatable bonds is 1. The van der Waals surface area contributed by atoms with Crippen LogP contribution in [0.1, 0.15) is 0 Å². The van der Waals surface area contributed by atoms with Gasteiger partial charge < -0.3 is 0 Å². The Morgan fingerprint density at radius 1 is 1.19 bits per heavy atom. The van der Waals surface area contributed by atoms with Crippen LogP contribution in [0.15, 0.2) is 24.3 Å². The Hall–Kier alpha value is -0.970. The van der Waals surface area contributed by atoms with Crippen molar-refractivity contribution in [3.8, 4) is 11.1 Å². The molecule has 0 fully saturated rings. The molecule has 1 N–H and O–H groups in total. The molecule has 2 nitrogen and oxygen atoms in total. The number of nitrogens with one attached hydrogen (secondary N) is 1. The lowest BCUT2D eigenvalue weighted by Gasteiger charge is -2.04. The lowest BCUT2D eigenvalue weighted by molar-refractivity contribution is 0.631. The molecule has 0 atom stereocenters. The first-order valence-corrected chi connectivity index (χ1v) is 5.45. The highest BCUT2D eigenvalue weighted by Crippen LogP contribution is 2.26. The largest absolute Gasteiger partial charge is 0.266 e. The Balaban J connectivity index is 2.67. The van der Waals surface area contributed by atoms with Crippen LogP contribution < -0.4 is 0 Å². The molecule has 1 aromatic carbocycles. The van der Waals surface area contributed by atoms with Gasteiger partial charge in [0.15, 0.2) is 0 Å². The second-order valence-electron chi connectivity index (χ2n) is 3.06. The van der Waals surface area contributed by atoms with Crippen molar-refractivity contribution in [3.05, 3.63) is 44.9 Å². The van der Waals surface area contributed by atoms with Gasteiger partial charge in [-0.2, -0.15) is 5.10 Å². The molecule has 0 radical (unpaired) electrons. The molecule has 0 unspecified atom stereocenters. The fraction of sp³-hybridized carbons (Fsp3) is 0. The van der Waals surface area contributed by atoms with Gasteiger partial charge >= 0.3 is 0 Å². The standard InChI is InChI=1S/C10H5Cl2FN2S/c11-5-1-2-6(8(13)3-5)7-4-9(12)14-15-10(7)16/h1-4H,(H,15,16). The lowest BCUT2D eigenvalue weighted by atomic mass is 10.1. The van der Waals surface area contributed by atoms with E-state index in [2.05, 4.69) is 10.2 Å². The van der Waals surface area contributed by atoms with E-state index < -0.39 is 5.82 Å². The van der Waals surface area contributed by atoms with Crippen LogP contribution in [0.3, 0.4) is 0 Å². The zero-order valence-corrected chi connectivity index (χ0v) is 10.1. The summed E-state index contributed by atoms with van der Waals surface area (Å²) in [5.41, 5.74) is 0.833. The maximum absolute atomic E-state index is 13.6. The fourth-order valence-electron chi connectivity index (χ4n) is 1.29. The molecule has 1 aromatic heterocycles. The summed E-state index contributed by atoms with van der Waals surface area (Å²) in [5.74, 6) is -0.450. The Kier molecular flexibility index (Phi) is 3.23. The molecule has 0 bridgehead atoms. The van der Waals surface area contributed by atoms with Gasteiger partial charge in [0.05, 0.1) is 0 Å². The van der Waals surface area contributed by atoms with Crippen molar-refractivity contribution >= 4 is 35.4 Å². The summed E-state index contributed by atoms with van der Waals surface area (Å²) in [6, 6.07) is 5.86. The van der Waals surface area contributed by atoms with Crippen molar-refractivity contribution in [2.45, 2.75) is 0 Å². The molecule has 0 saturated carbocycles. The number of benzene rings is 1. The average molecular weight is 275 g/mol. The number of halogens is 3. The van der Waals surface area contributed by atoms with Gasteiger partial charge in [-0.25, -0.2) is 4.39 Å². The van der Waals surface area contributed by atoms with Crippen molar-refractivity contribution in [1.29, 1.82) is 0 Å². The molecule has 6 heteroatoms. The SMILES string of the molecule is Fc1cc(Cl)ccc1-c1cc(Cl)n[nH]c1=S. The molecule has 82 valence electrons. The summed E-state index contributed by atoms with van der Waals surface area (Å²) in [4.78, 5) is 0. The summed E-state index contributed by atoms with van der Waals surface area (Å²) in [6.07, 6.45) is 0. The third kappa shape index (κ3) is 2.24. The van der Waals surface area contributed by atoms with Gasteiger partial charge in [-0.3, -0.25) is 5.10 Å². The molecule has 16 heavy (non-hydrogen) atoms. The number of hydrogen-bond donors (Lipinski definition) is 1. The number of H-pyrrole nitrogens is 1. The van der Waals surface area contributed by atoms with Crippen molar-refractivity contribution < 1.29 is 4.39 Å². The minimum atomic E-state index is -0.450. The number of aromatic amines is 1. The Bertz CT molecular complexity index is 598. The normalized spacial score (nSPS) is 10.4. The summed E-state index contributed by atoms with van der Waals surface area (Å²) in [5, 5.41) is 6.79. The average Bonchev–Trinajstić information content (AvgIpc) is 2.22. The molecule has 0 aliphatic carbocycles. The van der Waals surface area contributed by atoms with Crippen LogP contribution >= 0.6 is 35.4 Å². The molecule has 0 spiro atoms. The summed E-state index contributed by atoms with van der Waals surface area (Å²) >= 11 is 16.4. The van der Waals surface area contributed by atoms with Gasteiger partial charge in [0.25, 0.3) is 0 Å². The third-order valence-corrected chi connectivity index (χ3v) is 2.73. The fourth-order valence-corrected chi connectivity index (χ4v) is 1.81. The first kappa shape index (κ1) is 11.5. The van der Waals surface area contributed by atoms with Crippen molar-refractivity contribution in [2.75, 3.05) is 0 Å². The van der Waals surface area contributed by atoms with Crippen LogP contribution in [-0.4, -0.2) is 10.2 Å². The number of aromatic nitrogens is 2. The van der Waals surface area contributed by atoms with E-state index in [4.69, 9.17) is 35.4 Å². The third-order valence-electron chi connectivity index (χ3n) is 1.99. The first-order valence-electron chi connectivity index (χ1n) is 4.28. The molecule has 0 saturated heterocycles. The van der Waals surface area contributed by atoms with E-state index in [1.54, 1.807) is 12.1 Å². The molecular weight excluding hydrogens is 270 g/mol. The van der Waals surface area contributed by atoms with E-state index in [0.29, 0.717) is 20.8 Å². The van der Waals surface area contributed by atoms with Gasteiger partial charge in [0.2, 0.25) is 0 Å². The number of hydrogen-bond acceptors (Lipinski definition) is 2. The highest BCUT2D eigenvalue weighted by Gasteiger charge is 2.08. The second-order valence-corrected chi connectivity index (χ2v) is 4.29. The highest BCUT2D eigenvalue weighted by molar-refractivity contribution is 7.71. The van der Waals surface area contributed by atoms with Gasteiger partial charge in [0, 0.05) is 16.1 Å². The van der Waals surface area contributed by atoms with Crippen molar-refractivity contribution in [1.82, 2.24) is 10.2 Å². The Morgan fingerprint density at radius 3 is 2.62 bits per heavy atom. The predicted octanol–water partition coefficient (Wildman–Crippen LogP) is 4.25. The van der Waals surface area contributed by atoms with Gasteiger partial charge in [-0.05, 0) is 24.3 Å². The van der Waals surface area contributed by atoms with E-state index >= 15 is 0 Å². The van der Waals surface area contributed by atoms with E-state index in [1.807, 2.05) is 0 Å². The summed E-state index contributed by atoms with van der Waals surface area (Å²) < 4.78 is 14.0. The highest BCUT2D eigenvalue weighted by atomic mass is 35.5. The monoisotopic (exact) mass is 274 g/mol. The van der Waals surface area contributed by atoms with E-state index in [-0.39, 0.29) is 5.15 Å². The first-order chi connectivity index (χ1) is 7.58. The minimum absolute atomic E-state index is 0.220. The van der Waals surface area contributed by atoms with Crippen LogP contribution in [0.2, 0.25) is 10.2 Å². The molecule has 0 aliphatic heterocycles. The second kappa shape index (κ2) is 4.49. The Labute approximate surface area is 106 Å². The molecule has 2 rings (SSSR count). The van der Waals surface area contributed by atoms with Gasteiger partial charge in [0.1, 0.15) is 15.6 Å². The zero-order valence-electron chi connectivity index (χ0n) is 7.80. The molecule has 1 heterocycles. The molecule has 2 aromatic rings. The predicted molar refractivity (Wildman–Crippen MR) is 64.8 cm³/mol. The maximum Gasteiger partial charge on any atom is 0.150 e. The molecule has 0 amide bonds. The summed E-state index contributed by atoms with van der Waals surface area (Å²) in [7, 11) is 0. The lowest BCUT2D eigenvalue weighted by Crippen LogP contribution is -1.90. The van der Waals surface area contributed by atoms with Crippen LogP contribution in [0.5, 0.6) is 0 Å². The topological polar surface area (TPSA) is 28.7 Å². The van der Waals surface area contributed by atoms with Gasteiger partial charge in [-0.1, -0.05) is 35.4 Å². The molecular formula is C10H5Cl2FN2S. The number of nitrogens with zero attached hydrogens (tertiary/aromatic N) is 1. The van der Waals surface area contributed by atoms with Crippen LogP contribution in [-0.2, 0) is 0 Å². The maximum atomic E-state index is 13.6. The van der Waals surface area contributed by atoms with Gasteiger partial charge in [-0.15, -0.1) is 0 Å². The quantitative estimate of drug-likeness (QED) is 0.788. The van der Waals surface area contributed by atoms with Crippen LogP contribution in [0.4, 0.5) is 4.39 Å². The zero-order chi connectivity index (χ0) is 11.7. The molecule has 0 aliphatic rings. The van der Waals surface area contributed by atoms with E-state index in [9.17, 15) is 4.39 Å². The summed E-state index contributed by atoms with van der Waals surface area (Å²) in [6.45, 7) is 0. The van der Waals surface area contributed by atoms with Crippen molar-refractivity contribution in [3.63, 3.8) is 0 Å². The van der Waals surface area contributed by atoms with E-state index in [1.165, 1.54) is 12.1 Å². The Morgan fingerprint density at radius 2 is 1.94 bits per heavy atom. The smallest absolute Gasteiger partial charge is 0.150 e. The van der Waals surface area contributed by atoms with Crippen LogP contribution in [0, 0.1) is 10.5 Å².